The topological polar surface area (TPSA) is 89.5 Å². The lowest BCUT2D eigenvalue weighted by molar-refractivity contribution is -0.297. The van der Waals surface area contributed by atoms with Gasteiger partial charge in [-0.15, -0.1) is 0 Å². The van der Waals surface area contributed by atoms with Crippen molar-refractivity contribution in [3.8, 4) is 11.5 Å². The summed E-state index contributed by atoms with van der Waals surface area (Å²) in [6.45, 7) is 0.165. The fourth-order valence-electron chi connectivity index (χ4n) is 1.68. The molecular weight excluding hydrogens is 344 g/mol. The summed E-state index contributed by atoms with van der Waals surface area (Å²) in [5, 5.41) is 0. The normalized spacial score (nSPS) is 10.0. The van der Waals surface area contributed by atoms with E-state index in [-0.39, 0.29) is 26.4 Å². The molecule has 0 aliphatic rings. The Morgan fingerprint density at radius 1 is 0.577 bits per heavy atom. The summed E-state index contributed by atoms with van der Waals surface area (Å²) in [5.74, 6) is -1.39. The fraction of sp³-hybridized carbons (Fsp3) is 0.222. The van der Waals surface area contributed by atoms with E-state index in [9.17, 15) is 9.59 Å². The molecule has 0 heterocycles. The second-order valence-electron chi connectivity index (χ2n) is 4.71. The molecule has 0 aliphatic heterocycles. The highest BCUT2D eigenvalue weighted by Crippen LogP contribution is 2.08. The summed E-state index contributed by atoms with van der Waals surface area (Å²) in [7, 11) is 0. The minimum absolute atomic E-state index is 0.0559. The van der Waals surface area contributed by atoms with Crippen molar-refractivity contribution in [1.82, 2.24) is 0 Å². The Kier molecular flexibility index (Phi) is 8.47. The minimum atomic E-state index is -1.34. The van der Waals surface area contributed by atoms with E-state index in [1.54, 1.807) is 24.3 Å². The van der Waals surface area contributed by atoms with Crippen LogP contribution in [0.4, 0.5) is 0 Å². The summed E-state index contributed by atoms with van der Waals surface area (Å²) in [6.07, 6.45) is 0. The first kappa shape index (κ1) is 19.2. The molecule has 0 atom stereocenters. The lowest BCUT2D eigenvalue weighted by Gasteiger charge is -2.07. The quantitative estimate of drug-likeness (QED) is 0.275. The Hall–Kier alpha value is -3.10. The second kappa shape index (κ2) is 11.5. The van der Waals surface area contributed by atoms with Gasteiger partial charge >= 0.3 is 11.9 Å². The van der Waals surface area contributed by atoms with Gasteiger partial charge in [0, 0.05) is 0 Å². The molecule has 0 aliphatic carbocycles. The molecule has 2 aromatic carbocycles. The van der Waals surface area contributed by atoms with Gasteiger partial charge in [0.25, 0.3) is 0 Å². The van der Waals surface area contributed by atoms with E-state index >= 15 is 0 Å². The van der Waals surface area contributed by atoms with Gasteiger partial charge in [-0.2, -0.15) is 9.78 Å². The third-order valence-electron chi connectivity index (χ3n) is 2.79. The van der Waals surface area contributed by atoms with Crippen LogP contribution in [0.3, 0.4) is 0 Å². The van der Waals surface area contributed by atoms with Crippen molar-refractivity contribution in [3.05, 3.63) is 60.7 Å². The average Bonchev–Trinajstić information content (AvgIpc) is 2.68. The van der Waals surface area contributed by atoms with E-state index in [1.165, 1.54) is 0 Å². The third-order valence-corrected chi connectivity index (χ3v) is 2.79. The Balaban J connectivity index is 1.47. The highest BCUT2D eigenvalue weighted by molar-refractivity contribution is 6.29. The number of para-hydroxylation sites is 2. The Labute approximate surface area is 150 Å². The van der Waals surface area contributed by atoms with Gasteiger partial charge in [0.15, 0.2) is 0 Å². The Morgan fingerprint density at radius 2 is 0.962 bits per heavy atom. The molecule has 0 amide bonds. The van der Waals surface area contributed by atoms with E-state index in [0.29, 0.717) is 11.5 Å². The molecule has 0 N–H and O–H groups in total. The van der Waals surface area contributed by atoms with Gasteiger partial charge in [0.1, 0.15) is 37.9 Å². The van der Waals surface area contributed by atoms with E-state index < -0.39 is 11.9 Å². The van der Waals surface area contributed by atoms with Gasteiger partial charge in [0.05, 0.1) is 0 Å². The van der Waals surface area contributed by atoms with Crippen LogP contribution < -0.4 is 9.47 Å². The second-order valence-corrected chi connectivity index (χ2v) is 4.71. The monoisotopic (exact) mass is 362 g/mol. The number of hydrogen-bond acceptors (Lipinski definition) is 8. The van der Waals surface area contributed by atoms with E-state index in [4.69, 9.17) is 9.47 Å². The van der Waals surface area contributed by atoms with E-state index in [2.05, 4.69) is 19.6 Å². The number of ether oxygens (including phenoxy) is 2. The smallest absolute Gasteiger partial charge is 0.453 e. The molecule has 0 saturated heterocycles. The van der Waals surface area contributed by atoms with Crippen molar-refractivity contribution in [1.29, 1.82) is 0 Å². The highest BCUT2D eigenvalue weighted by atomic mass is 17.2. The summed E-state index contributed by atoms with van der Waals surface area (Å²) in [6, 6.07) is 18.0. The van der Waals surface area contributed by atoms with E-state index in [1.807, 2.05) is 36.4 Å². The molecule has 0 saturated carbocycles. The zero-order valence-corrected chi connectivity index (χ0v) is 13.9. The average molecular weight is 362 g/mol. The summed E-state index contributed by atoms with van der Waals surface area (Å²) >= 11 is 0. The van der Waals surface area contributed by atoms with Crippen molar-refractivity contribution in [3.63, 3.8) is 0 Å². The lowest BCUT2D eigenvalue weighted by atomic mass is 10.3. The fourth-order valence-corrected chi connectivity index (χ4v) is 1.68. The van der Waals surface area contributed by atoms with Crippen LogP contribution in [0.2, 0.25) is 0 Å². The summed E-state index contributed by atoms with van der Waals surface area (Å²) in [4.78, 5) is 40.2. The maximum atomic E-state index is 11.3. The molecule has 0 bridgehead atoms. The first-order chi connectivity index (χ1) is 12.8. The van der Waals surface area contributed by atoms with Gasteiger partial charge in [-0.05, 0) is 24.3 Å². The molecule has 0 aromatic heterocycles. The number of carbonyl (C=O) groups is 2. The standard InChI is InChI=1S/C18H18O8/c19-17(25-23-13-11-21-15-7-3-1-4-8-15)18(20)26-24-14-12-22-16-9-5-2-6-10-16/h1-10H,11-14H2. The number of hydrogen-bond donors (Lipinski definition) is 0. The number of benzene rings is 2. The Morgan fingerprint density at radius 3 is 1.35 bits per heavy atom. The van der Waals surface area contributed by atoms with Crippen molar-refractivity contribution in [2.75, 3.05) is 26.4 Å². The molecule has 0 unspecified atom stereocenters. The predicted molar refractivity (Wildman–Crippen MR) is 88.0 cm³/mol. The molecule has 26 heavy (non-hydrogen) atoms. The number of carbonyl (C=O) groups excluding carboxylic acids is 2. The van der Waals surface area contributed by atoms with Crippen LogP contribution in [0.15, 0.2) is 60.7 Å². The predicted octanol–water partition coefficient (Wildman–Crippen LogP) is 2.09. The SMILES string of the molecule is O=C(OOCCOc1ccccc1)C(=O)OOCCOc1ccccc1. The van der Waals surface area contributed by atoms with Crippen molar-refractivity contribution in [2.45, 2.75) is 0 Å². The molecule has 0 fully saturated rings. The molecule has 2 rings (SSSR count). The van der Waals surface area contributed by atoms with Gasteiger partial charge < -0.3 is 9.47 Å². The van der Waals surface area contributed by atoms with Gasteiger partial charge in [0.2, 0.25) is 0 Å². The van der Waals surface area contributed by atoms with Crippen LogP contribution in [0.5, 0.6) is 11.5 Å². The minimum Gasteiger partial charge on any atom is -0.491 e. The zero-order valence-electron chi connectivity index (χ0n) is 13.9. The summed E-state index contributed by atoms with van der Waals surface area (Å²) in [5.41, 5.74) is 0. The molecule has 2 aromatic rings. The first-order valence-corrected chi connectivity index (χ1v) is 7.78. The third kappa shape index (κ3) is 7.65. The van der Waals surface area contributed by atoms with Crippen LogP contribution >= 0.6 is 0 Å². The van der Waals surface area contributed by atoms with Crippen LogP contribution in [0, 0.1) is 0 Å². The van der Waals surface area contributed by atoms with Crippen LogP contribution in [0.1, 0.15) is 0 Å². The molecule has 8 nitrogen and oxygen atoms in total. The molecule has 0 radical (unpaired) electrons. The van der Waals surface area contributed by atoms with Crippen LogP contribution in [0.25, 0.3) is 0 Å². The number of rotatable bonds is 10. The van der Waals surface area contributed by atoms with Crippen molar-refractivity contribution >= 4 is 11.9 Å². The molecular formula is C18H18O8. The molecule has 0 spiro atoms. The van der Waals surface area contributed by atoms with Gasteiger partial charge in [-0.1, -0.05) is 36.4 Å². The van der Waals surface area contributed by atoms with Gasteiger partial charge in [-0.3, -0.25) is 9.78 Å². The molecule has 138 valence electrons. The Bertz CT molecular complexity index is 600. The largest absolute Gasteiger partial charge is 0.491 e. The first-order valence-electron chi connectivity index (χ1n) is 7.78. The van der Waals surface area contributed by atoms with Crippen LogP contribution in [-0.4, -0.2) is 38.4 Å². The van der Waals surface area contributed by atoms with Crippen molar-refractivity contribution < 1.29 is 38.6 Å². The van der Waals surface area contributed by atoms with Gasteiger partial charge in [-0.25, -0.2) is 9.59 Å². The maximum absolute atomic E-state index is 11.3. The summed E-state index contributed by atoms with van der Waals surface area (Å²) < 4.78 is 10.6. The van der Waals surface area contributed by atoms with E-state index in [0.717, 1.165) is 0 Å². The maximum Gasteiger partial charge on any atom is 0.453 e. The zero-order chi connectivity index (χ0) is 18.5. The van der Waals surface area contributed by atoms with Crippen LogP contribution in [-0.2, 0) is 29.1 Å². The lowest BCUT2D eigenvalue weighted by Crippen LogP contribution is -2.22. The molecule has 8 heteroatoms. The highest BCUT2D eigenvalue weighted by Gasteiger charge is 2.20. The van der Waals surface area contributed by atoms with Crippen molar-refractivity contribution in [2.24, 2.45) is 0 Å².